The molecule has 3 unspecified atom stereocenters. The number of hydrogen-bond donors (Lipinski definition) is 2. The first-order chi connectivity index (χ1) is 8.73. The van der Waals surface area contributed by atoms with E-state index < -0.39 is 5.60 Å². The summed E-state index contributed by atoms with van der Waals surface area (Å²) in [6.07, 6.45) is 0.646. The summed E-state index contributed by atoms with van der Waals surface area (Å²) in [5, 5.41) is 6.35. The maximum absolute atomic E-state index is 11.8. The number of alkyl carbamates (subject to hydrolysis) is 1. The summed E-state index contributed by atoms with van der Waals surface area (Å²) in [7, 11) is 0. The summed E-state index contributed by atoms with van der Waals surface area (Å²) in [6, 6.07) is 0.595. The monoisotopic (exact) mass is 272 g/mol. The Morgan fingerprint density at radius 2 is 2.00 bits per heavy atom. The largest absolute Gasteiger partial charge is 0.444 e. The van der Waals surface area contributed by atoms with Gasteiger partial charge in [0.2, 0.25) is 0 Å². The maximum Gasteiger partial charge on any atom is 0.407 e. The molecule has 0 aromatic heterocycles. The Bertz CT molecular complexity index is 300. The van der Waals surface area contributed by atoms with Crippen LogP contribution in [-0.2, 0) is 9.47 Å². The number of ether oxygens (including phenoxy) is 2. The molecule has 1 aliphatic carbocycles. The van der Waals surface area contributed by atoms with Crippen LogP contribution in [0.5, 0.6) is 0 Å². The Labute approximate surface area is 116 Å². The molecule has 0 aromatic carbocycles. The van der Waals surface area contributed by atoms with Crippen LogP contribution in [0.25, 0.3) is 0 Å². The van der Waals surface area contributed by atoms with Crippen molar-refractivity contribution in [1.82, 2.24) is 10.6 Å². The van der Waals surface area contributed by atoms with E-state index in [1.165, 1.54) is 0 Å². The van der Waals surface area contributed by atoms with Crippen LogP contribution in [-0.4, -0.2) is 42.5 Å². The molecule has 0 radical (unpaired) electrons. The zero-order valence-corrected chi connectivity index (χ0v) is 12.9. The molecule has 19 heavy (non-hydrogen) atoms. The second-order valence-corrected chi connectivity index (χ2v) is 6.33. The van der Waals surface area contributed by atoms with E-state index in [4.69, 9.17) is 9.47 Å². The zero-order valence-electron chi connectivity index (χ0n) is 12.9. The molecule has 1 amide bonds. The molecular formula is C14H28N2O3. The molecule has 5 heteroatoms. The van der Waals surface area contributed by atoms with Crippen molar-refractivity contribution in [3.63, 3.8) is 0 Å². The van der Waals surface area contributed by atoms with Gasteiger partial charge in [0, 0.05) is 12.6 Å². The third-order valence-electron chi connectivity index (χ3n) is 2.93. The average Bonchev–Trinajstić information content (AvgIpc) is 2.22. The zero-order chi connectivity index (χ0) is 14.6. The lowest BCUT2D eigenvalue weighted by Gasteiger charge is -2.45. The topological polar surface area (TPSA) is 59.6 Å². The molecule has 0 aromatic rings. The maximum atomic E-state index is 11.8. The van der Waals surface area contributed by atoms with Crippen LogP contribution in [0.4, 0.5) is 4.79 Å². The highest BCUT2D eigenvalue weighted by Gasteiger charge is 2.43. The minimum atomic E-state index is -0.464. The number of hydrogen-bond acceptors (Lipinski definition) is 4. The van der Waals surface area contributed by atoms with Crippen molar-refractivity contribution in [2.24, 2.45) is 0 Å². The second-order valence-electron chi connectivity index (χ2n) is 6.33. The van der Waals surface area contributed by atoms with Crippen LogP contribution in [0.1, 0.15) is 48.0 Å². The Balaban J connectivity index is 2.47. The van der Waals surface area contributed by atoms with Crippen molar-refractivity contribution < 1.29 is 14.3 Å². The number of nitrogens with one attached hydrogen (secondary N) is 2. The van der Waals surface area contributed by atoms with Crippen LogP contribution >= 0.6 is 0 Å². The van der Waals surface area contributed by atoms with E-state index >= 15 is 0 Å². The van der Waals surface area contributed by atoms with Crippen LogP contribution in [0.2, 0.25) is 0 Å². The van der Waals surface area contributed by atoms with Crippen molar-refractivity contribution in [2.75, 3.05) is 6.61 Å². The Morgan fingerprint density at radius 3 is 2.47 bits per heavy atom. The predicted molar refractivity (Wildman–Crippen MR) is 75.2 cm³/mol. The lowest BCUT2D eigenvalue weighted by Crippen LogP contribution is -2.67. The minimum absolute atomic E-state index is 0.0776. The molecule has 0 spiro atoms. The molecule has 0 aliphatic heterocycles. The normalized spacial score (nSPS) is 27.0. The van der Waals surface area contributed by atoms with Crippen molar-refractivity contribution in [3.8, 4) is 0 Å². The predicted octanol–water partition coefficient (Wildman–Crippen LogP) is 2.06. The number of rotatable bonds is 5. The first-order valence-corrected chi connectivity index (χ1v) is 7.10. The molecule has 0 saturated heterocycles. The average molecular weight is 272 g/mol. The molecule has 1 aliphatic rings. The fourth-order valence-corrected chi connectivity index (χ4v) is 2.21. The molecule has 1 saturated carbocycles. The van der Waals surface area contributed by atoms with Crippen molar-refractivity contribution in [2.45, 2.75) is 77.8 Å². The summed E-state index contributed by atoms with van der Waals surface area (Å²) in [6.45, 7) is 12.4. The van der Waals surface area contributed by atoms with E-state index in [1.54, 1.807) is 0 Å². The Kier molecular flexibility index (Phi) is 5.62. The van der Waals surface area contributed by atoms with E-state index in [1.807, 2.05) is 27.7 Å². The fraction of sp³-hybridized carbons (Fsp3) is 0.929. The highest BCUT2D eigenvalue weighted by molar-refractivity contribution is 5.68. The summed E-state index contributed by atoms with van der Waals surface area (Å²) < 4.78 is 10.9. The highest BCUT2D eigenvalue weighted by atomic mass is 16.6. The van der Waals surface area contributed by atoms with Gasteiger partial charge in [-0.25, -0.2) is 4.79 Å². The van der Waals surface area contributed by atoms with E-state index in [-0.39, 0.29) is 24.3 Å². The quantitative estimate of drug-likeness (QED) is 0.804. The van der Waals surface area contributed by atoms with E-state index in [0.717, 1.165) is 6.42 Å². The lowest BCUT2D eigenvalue weighted by molar-refractivity contribution is -0.0455. The van der Waals surface area contributed by atoms with Gasteiger partial charge in [-0.1, -0.05) is 13.8 Å². The van der Waals surface area contributed by atoms with Gasteiger partial charge in [-0.05, 0) is 34.1 Å². The number of carbonyl (C=O) groups excluding carboxylic acids is 1. The standard InChI is InChI=1S/C14H28N2O3/c1-7-18-11-8-10(12(11)15-9(2)3)16-13(17)19-14(4,5)6/h9-12,15H,7-8H2,1-6H3,(H,16,17). The summed E-state index contributed by atoms with van der Waals surface area (Å²) in [4.78, 5) is 11.8. The summed E-state index contributed by atoms with van der Waals surface area (Å²) in [5.74, 6) is 0. The van der Waals surface area contributed by atoms with Crippen LogP contribution in [0.3, 0.4) is 0 Å². The van der Waals surface area contributed by atoms with Gasteiger partial charge in [-0.3, -0.25) is 0 Å². The highest BCUT2D eigenvalue weighted by Crippen LogP contribution is 2.25. The van der Waals surface area contributed by atoms with Gasteiger partial charge in [0.25, 0.3) is 0 Å². The van der Waals surface area contributed by atoms with Crippen molar-refractivity contribution in [1.29, 1.82) is 0 Å². The summed E-state index contributed by atoms with van der Waals surface area (Å²) >= 11 is 0. The molecule has 3 atom stereocenters. The Hall–Kier alpha value is -0.810. The van der Waals surface area contributed by atoms with Crippen molar-refractivity contribution >= 4 is 6.09 Å². The molecule has 1 fully saturated rings. The lowest BCUT2D eigenvalue weighted by atomic mass is 9.82. The molecule has 0 bridgehead atoms. The van der Waals surface area contributed by atoms with Gasteiger partial charge in [-0.15, -0.1) is 0 Å². The molecular weight excluding hydrogens is 244 g/mol. The van der Waals surface area contributed by atoms with Gasteiger partial charge in [-0.2, -0.15) is 0 Å². The van der Waals surface area contributed by atoms with Gasteiger partial charge in [0.1, 0.15) is 5.60 Å². The minimum Gasteiger partial charge on any atom is -0.444 e. The summed E-state index contributed by atoms with van der Waals surface area (Å²) in [5.41, 5.74) is -0.464. The molecule has 1 rings (SSSR count). The van der Waals surface area contributed by atoms with Gasteiger partial charge < -0.3 is 20.1 Å². The van der Waals surface area contributed by atoms with Gasteiger partial charge in [0.05, 0.1) is 18.2 Å². The van der Waals surface area contributed by atoms with Crippen LogP contribution in [0, 0.1) is 0 Å². The number of amides is 1. The van der Waals surface area contributed by atoms with Gasteiger partial charge in [0.15, 0.2) is 0 Å². The Morgan fingerprint density at radius 1 is 1.37 bits per heavy atom. The van der Waals surface area contributed by atoms with Crippen LogP contribution in [0.15, 0.2) is 0 Å². The molecule has 0 heterocycles. The molecule has 112 valence electrons. The number of carbonyl (C=O) groups is 1. The third-order valence-corrected chi connectivity index (χ3v) is 2.93. The smallest absolute Gasteiger partial charge is 0.407 e. The SMILES string of the molecule is CCOC1CC(NC(=O)OC(C)(C)C)C1NC(C)C. The van der Waals surface area contributed by atoms with E-state index in [2.05, 4.69) is 24.5 Å². The first kappa shape index (κ1) is 16.2. The second kappa shape index (κ2) is 6.57. The van der Waals surface area contributed by atoms with Gasteiger partial charge >= 0.3 is 6.09 Å². The fourth-order valence-electron chi connectivity index (χ4n) is 2.21. The van der Waals surface area contributed by atoms with E-state index in [0.29, 0.717) is 12.6 Å². The van der Waals surface area contributed by atoms with E-state index in [9.17, 15) is 4.79 Å². The first-order valence-electron chi connectivity index (χ1n) is 7.10. The van der Waals surface area contributed by atoms with Crippen molar-refractivity contribution in [3.05, 3.63) is 0 Å². The molecule has 2 N–H and O–H groups in total. The van der Waals surface area contributed by atoms with Crippen LogP contribution < -0.4 is 10.6 Å². The molecule has 5 nitrogen and oxygen atoms in total. The third kappa shape index (κ3) is 5.37.